The Balaban J connectivity index is 1.96. The molecule has 26 heavy (non-hydrogen) atoms. The van der Waals surface area contributed by atoms with Gasteiger partial charge < -0.3 is 9.30 Å². The van der Waals surface area contributed by atoms with Crippen molar-refractivity contribution in [3.8, 4) is 0 Å². The molecular weight excluding hydrogens is 362 g/mol. The van der Waals surface area contributed by atoms with E-state index in [9.17, 15) is 18.0 Å². The molecule has 2 aromatic rings. The highest BCUT2D eigenvalue weighted by Gasteiger charge is 2.33. The first-order valence-corrected chi connectivity index (χ1v) is 9.58. The zero-order chi connectivity index (χ0) is 19.1. The standard InChI is InChI=1S/C15H21N5O5S/c1-18-9-12(14(21)20(3)15(18)22)26(23,24)17-11-5-4-6-25-13(11)10-7-16-19(2)8-10/h7-9,11,13,17H,4-6H2,1-3H3/t11-,13+/m0/s1. The summed E-state index contributed by atoms with van der Waals surface area (Å²) in [5, 5.41) is 4.10. The fourth-order valence-electron chi connectivity index (χ4n) is 3.04. The Hall–Kier alpha value is -2.24. The van der Waals surface area contributed by atoms with Gasteiger partial charge in [-0.3, -0.25) is 14.0 Å². The zero-order valence-electron chi connectivity index (χ0n) is 14.7. The van der Waals surface area contributed by atoms with Crippen molar-refractivity contribution in [2.75, 3.05) is 6.61 Å². The first kappa shape index (κ1) is 18.5. The quantitative estimate of drug-likeness (QED) is 0.725. The number of sulfonamides is 1. The summed E-state index contributed by atoms with van der Waals surface area (Å²) < 4.78 is 37.4. The molecule has 0 aliphatic carbocycles. The van der Waals surface area contributed by atoms with Crippen LogP contribution in [-0.4, -0.2) is 40.0 Å². The van der Waals surface area contributed by atoms with Gasteiger partial charge >= 0.3 is 5.69 Å². The number of aromatic nitrogens is 4. The predicted molar refractivity (Wildman–Crippen MR) is 92.2 cm³/mol. The predicted octanol–water partition coefficient (Wildman–Crippen LogP) is -0.984. The van der Waals surface area contributed by atoms with Crippen molar-refractivity contribution >= 4 is 10.0 Å². The third kappa shape index (κ3) is 3.37. The molecule has 0 radical (unpaired) electrons. The van der Waals surface area contributed by atoms with Crippen molar-refractivity contribution < 1.29 is 13.2 Å². The maximum absolute atomic E-state index is 12.8. The van der Waals surface area contributed by atoms with Crippen molar-refractivity contribution in [3.63, 3.8) is 0 Å². The molecule has 0 spiro atoms. The molecule has 142 valence electrons. The maximum Gasteiger partial charge on any atom is 0.330 e. The van der Waals surface area contributed by atoms with Crippen LogP contribution in [0.1, 0.15) is 24.5 Å². The summed E-state index contributed by atoms with van der Waals surface area (Å²) >= 11 is 0. The molecule has 3 rings (SSSR count). The second-order valence-corrected chi connectivity index (χ2v) is 8.04. The highest BCUT2D eigenvalue weighted by atomic mass is 32.2. The Morgan fingerprint density at radius 2 is 1.96 bits per heavy atom. The fourth-order valence-corrected chi connectivity index (χ4v) is 4.47. The number of aryl methyl sites for hydroxylation is 2. The van der Waals surface area contributed by atoms with E-state index >= 15 is 0 Å². The Labute approximate surface area is 150 Å². The van der Waals surface area contributed by atoms with E-state index in [1.165, 1.54) is 14.1 Å². The maximum atomic E-state index is 12.8. The van der Waals surface area contributed by atoms with Crippen LogP contribution in [0.4, 0.5) is 0 Å². The van der Waals surface area contributed by atoms with Crippen molar-refractivity contribution in [3.05, 3.63) is 45.0 Å². The molecule has 2 aromatic heterocycles. The van der Waals surface area contributed by atoms with Crippen LogP contribution in [0.25, 0.3) is 0 Å². The molecule has 1 aliphatic rings. The largest absolute Gasteiger partial charge is 0.372 e. The molecule has 0 amide bonds. The summed E-state index contributed by atoms with van der Waals surface area (Å²) in [5.74, 6) is 0. The number of nitrogens with one attached hydrogen (secondary N) is 1. The topological polar surface area (TPSA) is 117 Å². The van der Waals surface area contributed by atoms with Crippen LogP contribution in [0.3, 0.4) is 0 Å². The highest BCUT2D eigenvalue weighted by molar-refractivity contribution is 7.89. The minimum atomic E-state index is -4.14. The van der Waals surface area contributed by atoms with Gasteiger partial charge in [-0.1, -0.05) is 0 Å². The highest BCUT2D eigenvalue weighted by Crippen LogP contribution is 2.29. The summed E-state index contributed by atoms with van der Waals surface area (Å²) in [7, 11) is 0.261. The third-order valence-corrected chi connectivity index (χ3v) is 5.86. The van der Waals surface area contributed by atoms with Crippen LogP contribution in [0.2, 0.25) is 0 Å². The summed E-state index contributed by atoms with van der Waals surface area (Å²) in [4.78, 5) is 23.6. The molecule has 0 saturated carbocycles. The van der Waals surface area contributed by atoms with Crippen LogP contribution in [-0.2, 0) is 35.9 Å². The van der Waals surface area contributed by atoms with Gasteiger partial charge in [0.25, 0.3) is 5.56 Å². The van der Waals surface area contributed by atoms with Gasteiger partial charge in [0.2, 0.25) is 10.0 Å². The summed E-state index contributed by atoms with van der Waals surface area (Å²) in [5.41, 5.74) is -0.702. The third-order valence-electron chi connectivity index (χ3n) is 4.39. The van der Waals surface area contributed by atoms with Crippen LogP contribution in [0.5, 0.6) is 0 Å². The Bertz CT molecular complexity index is 1040. The number of rotatable bonds is 4. The van der Waals surface area contributed by atoms with Crippen LogP contribution in [0, 0.1) is 0 Å². The molecule has 11 heteroatoms. The van der Waals surface area contributed by atoms with E-state index < -0.39 is 38.3 Å². The van der Waals surface area contributed by atoms with Gasteiger partial charge in [-0.2, -0.15) is 5.10 Å². The molecule has 2 atom stereocenters. The molecule has 1 saturated heterocycles. The van der Waals surface area contributed by atoms with E-state index in [4.69, 9.17) is 4.74 Å². The Kier molecular flexibility index (Phi) is 4.86. The van der Waals surface area contributed by atoms with Gasteiger partial charge in [-0.05, 0) is 12.8 Å². The van der Waals surface area contributed by atoms with Crippen LogP contribution in [0.15, 0.2) is 33.1 Å². The van der Waals surface area contributed by atoms with E-state index in [0.29, 0.717) is 19.4 Å². The van der Waals surface area contributed by atoms with Gasteiger partial charge in [0, 0.05) is 45.7 Å². The monoisotopic (exact) mass is 383 g/mol. The lowest BCUT2D eigenvalue weighted by molar-refractivity contribution is -0.00447. The van der Waals surface area contributed by atoms with E-state index in [-0.39, 0.29) is 0 Å². The van der Waals surface area contributed by atoms with E-state index in [1.807, 2.05) is 0 Å². The second kappa shape index (κ2) is 6.82. The van der Waals surface area contributed by atoms with E-state index in [2.05, 4.69) is 9.82 Å². The minimum Gasteiger partial charge on any atom is -0.372 e. The summed E-state index contributed by atoms with van der Waals surface area (Å²) in [6, 6.07) is -0.542. The minimum absolute atomic E-state index is 0.474. The zero-order valence-corrected chi connectivity index (χ0v) is 15.6. The van der Waals surface area contributed by atoms with Gasteiger partial charge in [0.05, 0.1) is 12.2 Å². The van der Waals surface area contributed by atoms with Crippen molar-refractivity contribution in [1.29, 1.82) is 0 Å². The molecule has 1 N–H and O–H groups in total. The smallest absolute Gasteiger partial charge is 0.330 e. The average Bonchev–Trinajstić information content (AvgIpc) is 3.02. The Morgan fingerprint density at radius 1 is 1.23 bits per heavy atom. The van der Waals surface area contributed by atoms with Crippen molar-refractivity contribution in [1.82, 2.24) is 23.6 Å². The van der Waals surface area contributed by atoms with Gasteiger partial charge in [0.15, 0.2) is 4.90 Å². The Morgan fingerprint density at radius 3 is 2.62 bits per heavy atom. The van der Waals surface area contributed by atoms with E-state index in [0.717, 1.165) is 20.9 Å². The number of hydrogen-bond acceptors (Lipinski definition) is 6. The van der Waals surface area contributed by atoms with Crippen LogP contribution >= 0.6 is 0 Å². The van der Waals surface area contributed by atoms with Crippen molar-refractivity contribution in [2.45, 2.75) is 29.9 Å². The molecule has 1 fully saturated rings. The number of nitrogens with zero attached hydrogens (tertiary/aromatic N) is 4. The normalized spacial score (nSPS) is 21.0. The molecule has 0 bridgehead atoms. The number of hydrogen-bond donors (Lipinski definition) is 1. The first-order chi connectivity index (χ1) is 12.2. The van der Waals surface area contributed by atoms with Crippen LogP contribution < -0.4 is 16.0 Å². The summed E-state index contributed by atoms with van der Waals surface area (Å²) in [6.45, 7) is 0.513. The molecule has 3 heterocycles. The molecule has 0 unspecified atom stereocenters. The average molecular weight is 383 g/mol. The first-order valence-electron chi connectivity index (χ1n) is 8.10. The van der Waals surface area contributed by atoms with Gasteiger partial charge in [-0.25, -0.2) is 17.9 Å². The number of ether oxygens (including phenoxy) is 1. The lowest BCUT2D eigenvalue weighted by Crippen LogP contribution is -2.46. The van der Waals surface area contributed by atoms with Gasteiger partial charge in [0.1, 0.15) is 6.10 Å². The lowest BCUT2D eigenvalue weighted by Gasteiger charge is -2.31. The summed E-state index contributed by atoms with van der Waals surface area (Å²) in [6.07, 6.45) is 5.18. The molecule has 10 nitrogen and oxygen atoms in total. The van der Waals surface area contributed by atoms with Crippen molar-refractivity contribution in [2.24, 2.45) is 21.1 Å². The second-order valence-electron chi connectivity index (χ2n) is 6.36. The van der Waals surface area contributed by atoms with Gasteiger partial charge in [-0.15, -0.1) is 0 Å². The fraction of sp³-hybridized carbons (Fsp3) is 0.533. The lowest BCUT2D eigenvalue weighted by atomic mass is 9.99. The molecular formula is C15H21N5O5S. The molecule has 0 aromatic carbocycles. The van der Waals surface area contributed by atoms with E-state index in [1.54, 1.807) is 24.1 Å². The molecule has 1 aliphatic heterocycles. The SMILES string of the molecule is Cn1cc([C@H]2OCCC[C@@H]2NS(=O)(=O)c2cn(C)c(=O)n(C)c2=O)cn1.